The number of rotatable bonds is 3. The summed E-state index contributed by atoms with van der Waals surface area (Å²) in [6.45, 7) is 9.05. The predicted octanol–water partition coefficient (Wildman–Crippen LogP) is 37.9. The highest BCUT2D eigenvalue weighted by Crippen LogP contribution is 2.52. The number of hydrogen-bond donors (Lipinski definition) is 0. The topological polar surface area (TPSA) is 60.5 Å². The molecule has 1 atom stereocenters. The largest absolute Gasteiger partial charge is 0.455 e. The Morgan fingerprint density at radius 3 is 0.825 bits per heavy atom. The Kier molecular flexibility index (Phi) is 67.3. The molecule has 0 aromatic heterocycles. The van der Waals surface area contributed by atoms with Gasteiger partial charge in [-0.15, -0.1) is 0 Å². The van der Waals surface area contributed by atoms with E-state index in [-0.39, 0.29) is 17.6 Å². The van der Waals surface area contributed by atoms with E-state index in [2.05, 4.69) is 4.90 Å². The van der Waals surface area contributed by atoms with Crippen LogP contribution in [0.15, 0.2) is 36.4 Å². The van der Waals surface area contributed by atoms with Crippen LogP contribution in [0.1, 0.15) is 567 Å². The summed E-state index contributed by atoms with van der Waals surface area (Å²) in [6, 6.07) is 8.50. The number of benzene rings is 2. The van der Waals surface area contributed by atoms with Crippen molar-refractivity contribution in [1.82, 2.24) is 4.90 Å². The lowest BCUT2D eigenvalue weighted by molar-refractivity contribution is -0.246. The summed E-state index contributed by atoms with van der Waals surface area (Å²) >= 11 is 0. The van der Waals surface area contributed by atoms with Gasteiger partial charge in [-0.3, -0.25) is 0 Å². The monoisotopic (exact) mass is 1680 g/mol. The molecule has 1 aliphatic carbocycles. The standard InChI is InChI=1S/C110H197F3N2O5/c1-108(2,3)120-107(116)114-92-83-79-75-71-67-63-59-55-51-47-43-39-35-31-27-23-19-15-11-13-17-21-25-29-33-37-41-45-49-53-57-61-65-69-73-77-81-90-109(100-115(94-85-84-93-114)105-98-103(112)104(113)99-106(105)119-102-88-86-87-101(111)97-102)89-80-76-72-68-64-60-56-52-48-44-40-36-32-28-24-20-16-12-9-7-5-4-6-8-10-14-18-22-26-30-34-38-42-46-50-54-58-62-66-70-74-78-82-91-110(109)117-95-96-118-110/h86-88,97-99H,4-85,89-96,100H2,1-3H3. The minimum absolute atomic E-state index is 0.157. The molecule has 120 heavy (non-hydrogen) atoms. The Bertz CT molecular complexity index is 2570. The van der Waals surface area contributed by atoms with Crippen molar-refractivity contribution in [3.8, 4) is 11.5 Å². The molecule has 0 radical (unpaired) electrons. The number of anilines is 1. The molecule has 5 rings (SSSR count). The molecule has 698 valence electrons. The van der Waals surface area contributed by atoms with Gasteiger partial charge in [-0.25, -0.2) is 18.0 Å². The lowest BCUT2D eigenvalue weighted by atomic mass is 9.68. The highest BCUT2D eigenvalue weighted by Gasteiger charge is 2.55. The van der Waals surface area contributed by atoms with Gasteiger partial charge in [0.2, 0.25) is 0 Å². The Balaban J connectivity index is 1.36. The van der Waals surface area contributed by atoms with Crippen molar-refractivity contribution in [1.29, 1.82) is 0 Å². The number of nitrogens with zero attached hydrogens (tertiary/aromatic N) is 2. The smallest absolute Gasteiger partial charge is 0.410 e. The molecular formula is C110H197F3N2O5. The van der Waals surface area contributed by atoms with Crippen molar-refractivity contribution in [2.75, 3.05) is 44.3 Å². The van der Waals surface area contributed by atoms with Gasteiger partial charge in [-0.2, -0.15) is 0 Å². The summed E-state index contributed by atoms with van der Waals surface area (Å²) in [5, 5.41) is 0. The van der Waals surface area contributed by atoms with E-state index < -0.39 is 34.3 Å². The first kappa shape index (κ1) is 108. The van der Waals surface area contributed by atoms with Gasteiger partial charge >= 0.3 is 6.09 Å². The summed E-state index contributed by atoms with van der Waals surface area (Å²) in [5.41, 5.74) is -0.721. The van der Waals surface area contributed by atoms with Crippen LogP contribution in [-0.4, -0.2) is 61.8 Å². The van der Waals surface area contributed by atoms with E-state index in [1.54, 1.807) is 12.1 Å². The fraction of sp³-hybridized carbons (Fsp3) is 0.882. The first-order valence-electron chi connectivity index (χ1n) is 53.9. The van der Waals surface area contributed by atoms with Crippen LogP contribution in [0.4, 0.5) is 23.7 Å². The van der Waals surface area contributed by atoms with Crippen molar-refractivity contribution in [3.63, 3.8) is 0 Å². The SMILES string of the molecule is CC(C)(C)OC(=O)N1CCCCCCCCCCCCCCCCCCCCCCCCCCCCCCCCCCCCCCCC2(CCCCCCCCCCCCCCCCCCCCCCCCCCCCCCCCCCCCCCCCCCCCCC23OCCO3)CN(c2cc(F)c(F)cc2Oc2cccc(F)c2)CCCC1. The highest BCUT2D eigenvalue weighted by atomic mass is 19.2. The molecule has 2 aromatic carbocycles. The van der Waals surface area contributed by atoms with E-state index >= 15 is 13.2 Å². The second kappa shape index (κ2) is 75.0. The lowest BCUT2D eigenvalue weighted by Crippen LogP contribution is -2.56. The van der Waals surface area contributed by atoms with Crippen LogP contribution in [0.2, 0.25) is 0 Å². The highest BCUT2D eigenvalue weighted by molar-refractivity contribution is 5.68. The molecule has 3 aliphatic rings. The van der Waals surface area contributed by atoms with Gasteiger partial charge in [-0.05, 0) is 71.4 Å². The van der Waals surface area contributed by atoms with E-state index in [0.717, 1.165) is 70.6 Å². The minimum atomic E-state index is -1.01. The molecule has 2 spiro atoms. The second-order valence-corrected chi connectivity index (χ2v) is 40.2. The number of ether oxygens (including phenoxy) is 4. The molecule has 10 heteroatoms. The number of carbonyl (C=O) groups is 1. The van der Waals surface area contributed by atoms with E-state index in [4.69, 9.17) is 18.9 Å². The summed E-state index contributed by atoms with van der Waals surface area (Å²) < 4.78 is 75.2. The summed E-state index contributed by atoms with van der Waals surface area (Å²) in [5.74, 6) is -2.91. The molecule has 0 bridgehead atoms. The Morgan fingerprint density at radius 1 is 0.308 bits per heavy atom. The lowest BCUT2D eigenvalue weighted by Gasteiger charge is -2.50. The molecule has 1 amide bonds. The average Bonchev–Trinajstić information content (AvgIpc) is 1.32. The van der Waals surface area contributed by atoms with E-state index in [0.29, 0.717) is 57.9 Å². The molecule has 3 fully saturated rings. The van der Waals surface area contributed by atoms with E-state index in [1.165, 1.54) is 487 Å². The predicted molar refractivity (Wildman–Crippen MR) is 512 cm³/mol. The van der Waals surface area contributed by atoms with Crippen LogP contribution in [0.5, 0.6) is 11.5 Å². The van der Waals surface area contributed by atoms with Gasteiger partial charge in [-0.1, -0.05) is 507 Å². The average molecular weight is 1680 g/mol. The van der Waals surface area contributed by atoms with Crippen LogP contribution >= 0.6 is 0 Å². The van der Waals surface area contributed by atoms with E-state index in [1.807, 2.05) is 25.7 Å². The van der Waals surface area contributed by atoms with E-state index in [9.17, 15) is 4.79 Å². The quantitative estimate of drug-likeness (QED) is 0.305. The van der Waals surface area contributed by atoms with Gasteiger partial charge in [0.15, 0.2) is 23.2 Å². The summed E-state index contributed by atoms with van der Waals surface area (Å²) in [7, 11) is 0. The van der Waals surface area contributed by atoms with Crippen molar-refractivity contribution in [2.45, 2.75) is 578 Å². The van der Waals surface area contributed by atoms with Gasteiger partial charge in [0, 0.05) is 56.2 Å². The Morgan fingerprint density at radius 2 is 0.550 bits per heavy atom. The van der Waals surface area contributed by atoms with Crippen LogP contribution in [0, 0.1) is 22.9 Å². The first-order valence-corrected chi connectivity index (χ1v) is 53.9. The molecule has 2 heterocycles. The number of amides is 1. The molecule has 7 nitrogen and oxygen atoms in total. The normalized spacial score (nSPS) is 23.8. The third-order valence-corrected chi connectivity index (χ3v) is 27.9. The van der Waals surface area contributed by atoms with Crippen LogP contribution in [0.3, 0.4) is 0 Å². The molecule has 1 saturated carbocycles. The molecule has 2 aliphatic heterocycles. The fourth-order valence-electron chi connectivity index (χ4n) is 20.4. The van der Waals surface area contributed by atoms with Gasteiger partial charge in [0.1, 0.15) is 17.2 Å². The maximum absolute atomic E-state index is 16.5. The molecular weight excluding hydrogens is 1490 g/mol. The zero-order valence-electron chi connectivity index (χ0n) is 79.9. The van der Waals surface area contributed by atoms with Gasteiger partial charge in [0.05, 0.1) is 18.9 Å². The summed E-state index contributed by atoms with van der Waals surface area (Å²) in [4.78, 5) is 18.5. The summed E-state index contributed by atoms with van der Waals surface area (Å²) in [6.07, 6.45) is 111. The minimum Gasteiger partial charge on any atom is -0.455 e. The van der Waals surface area contributed by atoms with Crippen molar-refractivity contribution in [3.05, 3.63) is 53.8 Å². The third kappa shape index (κ3) is 56.3. The molecule has 1 unspecified atom stereocenters. The molecule has 2 aromatic rings. The zero-order chi connectivity index (χ0) is 85.1. The number of halogens is 3. The first-order chi connectivity index (χ1) is 59.0. The fourth-order valence-corrected chi connectivity index (χ4v) is 20.4. The number of hydrogen-bond acceptors (Lipinski definition) is 6. The van der Waals surface area contributed by atoms with Gasteiger partial charge < -0.3 is 28.7 Å². The Hall–Kier alpha value is -2.98. The maximum Gasteiger partial charge on any atom is 0.410 e. The number of fused-ring (bicyclic) bond motifs is 1. The zero-order valence-corrected chi connectivity index (χ0v) is 79.9. The van der Waals surface area contributed by atoms with Crippen molar-refractivity contribution in [2.24, 2.45) is 5.41 Å². The number of carbonyl (C=O) groups excluding carboxylic acids is 1. The van der Waals surface area contributed by atoms with Crippen molar-refractivity contribution < 1.29 is 36.9 Å². The maximum atomic E-state index is 16.5. The van der Waals surface area contributed by atoms with Crippen LogP contribution in [-0.2, 0) is 14.2 Å². The van der Waals surface area contributed by atoms with Crippen LogP contribution in [0.25, 0.3) is 0 Å². The molecule has 0 N–H and O–H groups in total. The third-order valence-electron chi connectivity index (χ3n) is 27.9. The Labute approximate surface area is 742 Å². The second-order valence-electron chi connectivity index (χ2n) is 40.2. The van der Waals surface area contributed by atoms with Gasteiger partial charge in [0.25, 0.3) is 0 Å². The van der Waals surface area contributed by atoms with Crippen LogP contribution < -0.4 is 9.64 Å². The van der Waals surface area contributed by atoms with Crippen molar-refractivity contribution >= 4 is 11.8 Å². The molecule has 2 saturated heterocycles.